The Morgan fingerprint density at radius 3 is 2.80 bits per heavy atom. The van der Waals surface area contributed by atoms with Crippen LogP contribution in [0.5, 0.6) is 0 Å². The first-order chi connectivity index (χ1) is 2.50. The smallest absolute Gasteiger partial charge is 0.0773 e. The zero-order valence-corrected chi connectivity index (χ0v) is 2.65. The van der Waals surface area contributed by atoms with Crippen molar-refractivity contribution in [3.63, 3.8) is 0 Å². The Morgan fingerprint density at radius 2 is 2.60 bits per heavy atom. The molecular formula is C4H3N+2. The predicted molar refractivity (Wildman–Crippen MR) is 18.8 cm³/mol. The Bertz CT molecular complexity index is 61.7. The number of nitrogens with one attached hydrogen (secondary N) is 1. The van der Waals surface area contributed by atoms with Crippen molar-refractivity contribution < 1.29 is 0 Å². The van der Waals surface area contributed by atoms with Crippen molar-refractivity contribution in [2.45, 2.75) is 0 Å². The Hall–Kier alpha value is -0.900. The van der Waals surface area contributed by atoms with Crippen LogP contribution in [0.25, 0.3) is 0 Å². The van der Waals surface area contributed by atoms with Gasteiger partial charge in [-0.2, -0.15) is 0 Å². The van der Waals surface area contributed by atoms with Gasteiger partial charge in [-0.25, -0.2) is 0 Å². The van der Waals surface area contributed by atoms with Crippen LogP contribution >= 0.6 is 0 Å². The fourth-order valence-electron chi connectivity index (χ4n) is 0.208. The highest BCUT2D eigenvalue weighted by molar-refractivity contribution is 4.97. The van der Waals surface area contributed by atoms with E-state index in [0.717, 1.165) is 0 Å². The molecule has 1 nitrogen and oxygen atoms in total. The first-order valence-corrected chi connectivity index (χ1v) is 1.40. The lowest BCUT2D eigenvalue weighted by molar-refractivity contribution is 1.19. The summed E-state index contributed by atoms with van der Waals surface area (Å²) in [7, 11) is 0. The topological polar surface area (TPSA) is 12.0 Å². The molecule has 0 bridgehead atoms. The summed E-state index contributed by atoms with van der Waals surface area (Å²) >= 11 is 0. The van der Waals surface area contributed by atoms with Crippen molar-refractivity contribution in [2.24, 2.45) is 0 Å². The number of rotatable bonds is 0. The van der Waals surface area contributed by atoms with E-state index in [1.165, 1.54) is 0 Å². The van der Waals surface area contributed by atoms with Gasteiger partial charge in [-0.15, -0.1) is 0 Å². The molecule has 5 heavy (non-hydrogen) atoms. The minimum absolute atomic E-state index is 1.69. The van der Waals surface area contributed by atoms with Crippen LogP contribution in [0.4, 0.5) is 0 Å². The molecule has 0 saturated heterocycles. The van der Waals surface area contributed by atoms with Gasteiger partial charge < -0.3 is 0 Å². The van der Waals surface area contributed by atoms with Gasteiger partial charge in [0.2, 0.25) is 0 Å². The van der Waals surface area contributed by atoms with Gasteiger partial charge >= 0.3 is 24.6 Å². The van der Waals surface area contributed by atoms with Crippen LogP contribution < -0.4 is 5.32 Å². The summed E-state index contributed by atoms with van der Waals surface area (Å²) in [6, 6.07) is 0. The molecule has 1 heteroatoms. The largest absolute Gasteiger partial charge is 0.359 e. The zero-order chi connectivity index (χ0) is 3.54. The number of hydrogen-bond acceptors (Lipinski definition) is 1. The van der Waals surface area contributed by atoms with Crippen molar-refractivity contribution in [3.05, 3.63) is 24.6 Å². The molecule has 0 aromatic heterocycles. The highest BCUT2D eigenvalue weighted by Crippen LogP contribution is 1.74. The Labute approximate surface area is 31.0 Å². The normalized spacial score (nSPS) is 12.8. The van der Waals surface area contributed by atoms with E-state index in [2.05, 4.69) is 17.6 Å². The van der Waals surface area contributed by atoms with Crippen molar-refractivity contribution in [1.29, 1.82) is 0 Å². The molecule has 0 spiro atoms. The molecule has 0 amide bonds. The number of allylic oxidation sites excluding steroid dienone is 2. The first-order valence-electron chi connectivity index (χ1n) is 1.40. The summed E-state index contributed by atoms with van der Waals surface area (Å²) in [5.74, 6) is 0. The molecule has 22 valence electrons. The van der Waals surface area contributed by atoms with Crippen LogP contribution in [0, 0.1) is 12.3 Å². The predicted octanol–water partition coefficient (Wildman–Crippen LogP) is 0.223. The highest BCUT2D eigenvalue weighted by Gasteiger charge is 2.02. The minimum Gasteiger partial charge on any atom is -0.0773 e. The molecule has 1 rings (SSSR count). The number of hydrogen-bond donors (Lipinski definition) is 1. The monoisotopic (exact) mass is 65.0 g/mol. The molecule has 0 aromatic carbocycles. The van der Waals surface area contributed by atoms with E-state index < -0.39 is 0 Å². The van der Waals surface area contributed by atoms with Crippen LogP contribution in [0.1, 0.15) is 0 Å². The lowest BCUT2D eigenvalue weighted by Gasteiger charge is -1.38. The standard InChI is InChI=1S/C4H3N/c1-2-4-5-3-1/h1,4-5H/q+2. The average molecular weight is 65.1 g/mol. The van der Waals surface area contributed by atoms with E-state index in [1.807, 2.05) is 0 Å². The van der Waals surface area contributed by atoms with Gasteiger partial charge in [0.05, 0.1) is 0 Å². The fraction of sp³-hybridized carbons (Fsp3) is 0. The summed E-state index contributed by atoms with van der Waals surface area (Å²) in [4.78, 5) is 0. The fourth-order valence-corrected chi connectivity index (χ4v) is 0.208. The Balaban J connectivity index is 2.61. The van der Waals surface area contributed by atoms with Gasteiger partial charge in [0.15, 0.2) is 0 Å². The molecule has 0 aromatic rings. The van der Waals surface area contributed by atoms with Gasteiger partial charge in [-0.05, 0) is 0 Å². The van der Waals surface area contributed by atoms with Gasteiger partial charge in [0.1, 0.15) is 0 Å². The third-order valence-electron chi connectivity index (χ3n) is 0.394. The molecule has 1 aliphatic heterocycles. The summed E-state index contributed by atoms with van der Waals surface area (Å²) in [6.07, 6.45) is 8.82. The Kier molecular flexibility index (Phi) is 0.381. The minimum atomic E-state index is 1.69. The SMILES string of the molecule is [C+]1=C[C+]=CN1. The summed E-state index contributed by atoms with van der Waals surface area (Å²) < 4.78 is 0. The summed E-state index contributed by atoms with van der Waals surface area (Å²) in [5.41, 5.74) is 0. The van der Waals surface area contributed by atoms with Gasteiger partial charge in [-0.1, -0.05) is 5.32 Å². The molecule has 0 radical (unpaired) electrons. The van der Waals surface area contributed by atoms with Crippen LogP contribution in [-0.2, 0) is 0 Å². The maximum absolute atomic E-state index is 2.75. The molecule has 0 fully saturated rings. The van der Waals surface area contributed by atoms with E-state index in [4.69, 9.17) is 0 Å². The molecule has 0 atom stereocenters. The quantitative estimate of drug-likeness (QED) is 0.398. The van der Waals surface area contributed by atoms with Crippen molar-refractivity contribution >= 4 is 0 Å². The van der Waals surface area contributed by atoms with Gasteiger partial charge in [-0.3, -0.25) is 0 Å². The van der Waals surface area contributed by atoms with Crippen molar-refractivity contribution in [1.82, 2.24) is 5.32 Å². The summed E-state index contributed by atoms with van der Waals surface area (Å²) in [5, 5.41) is 2.68. The van der Waals surface area contributed by atoms with Crippen molar-refractivity contribution in [3.8, 4) is 0 Å². The maximum atomic E-state index is 2.75. The first kappa shape index (κ1) is 2.34. The second kappa shape index (κ2) is 0.813. The molecule has 1 aliphatic rings. The molecule has 0 saturated carbocycles. The maximum Gasteiger partial charge on any atom is 0.359 e. The van der Waals surface area contributed by atoms with E-state index in [-0.39, 0.29) is 0 Å². The lowest BCUT2D eigenvalue weighted by atomic mass is 10.6. The lowest BCUT2D eigenvalue weighted by Crippen LogP contribution is -1.83. The van der Waals surface area contributed by atoms with Gasteiger partial charge in [0.25, 0.3) is 0 Å². The molecule has 0 aliphatic carbocycles. The highest BCUT2D eigenvalue weighted by atomic mass is 14.8. The third-order valence-corrected chi connectivity index (χ3v) is 0.394. The van der Waals surface area contributed by atoms with Crippen LogP contribution in [0.3, 0.4) is 0 Å². The summed E-state index contributed by atoms with van der Waals surface area (Å²) in [6.45, 7) is 0. The van der Waals surface area contributed by atoms with E-state index in [1.54, 1.807) is 12.3 Å². The van der Waals surface area contributed by atoms with E-state index >= 15 is 0 Å². The molecule has 0 unspecified atom stereocenters. The van der Waals surface area contributed by atoms with Gasteiger partial charge in [0, 0.05) is 0 Å². The van der Waals surface area contributed by atoms with E-state index in [0.29, 0.717) is 0 Å². The second-order valence-electron chi connectivity index (χ2n) is 0.744. The Morgan fingerprint density at radius 1 is 1.60 bits per heavy atom. The molecule has 1 N–H and O–H groups in total. The van der Waals surface area contributed by atoms with Crippen LogP contribution in [-0.4, -0.2) is 0 Å². The van der Waals surface area contributed by atoms with E-state index in [9.17, 15) is 0 Å². The third kappa shape index (κ3) is 0.223. The molecule has 1 heterocycles. The van der Waals surface area contributed by atoms with Crippen molar-refractivity contribution in [2.75, 3.05) is 0 Å². The molecular weight excluding hydrogens is 62.1 g/mol. The zero-order valence-electron chi connectivity index (χ0n) is 2.65. The average Bonchev–Trinajstić information content (AvgIpc) is 1.76. The van der Waals surface area contributed by atoms with Crippen LogP contribution in [0.15, 0.2) is 12.3 Å². The second-order valence-corrected chi connectivity index (χ2v) is 0.744. The van der Waals surface area contributed by atoms with Crippen LogP contribution in [0.2, 0.25) is 0 Å².